The highest BCUT2D eigenvalue weighted by atomic mass is 35.5. The number of rotatable bonds is 6. The lowest BCUT2D eigenvalue weighted by atomic mass is 10.1. The first kappa shape index (κ1) is 12.8. The first-order chi connectivity index (χ1) is 7.25. The summed E-state index contributed by atoms with van der Waals surface area (Å²) in [5, 5.41) is 1.20. The molecule has 0 spiro atoms. The highest BCUT2D eigenvalue weighted by Crippen LogP contribution is 2.26. The van der Waals surface area contributed by atoms with Crippen LogP contribution in [0.3, 0.4) is 0 Å². The summed E-state index contributed by atoms with van der Waals surface area (Å²) in [5.74, 6) is 0. The van der Waals surface area contributed by atoms with Crippen LogP contribution in [0.5, 0.6) is 0 Å². The largest absolute Gasteiger partial charge is 0.359 e. The Morgan fingerprint density at radius 1 is 1.33 bits per heavy atom. The first-order valence-electron chi connectivity index (χ1n) is 4.57. The van der Waals surface area contributed by atoms with Crippen molar-refractivity contribution in [3.8, 4) is 0 Å². The Hall–Kier alpha value is -0.280. The van der Waals surface area contributed by atoms with Gasteiger partial charge in [0.2, 0.25) is 0 Å². The average Bonchev–Trinajstić information content (AvgIpc) is 2.24. The summed E-state index contributed by atoms with van der Waals surface area (Å²) in [6.07, 6.45) is 2.72. The van der Waals surface area contributed by atoms with Crippen LogP contribution in [0.4, 0.5) is 0 Å². The quantitative estimate of drug-likeness (QED) is 0.567. The van der Waals surface area contributed by atoms with E-state index < -0.39 is 0 Å². The molecule has 0 bridgehead atoms. The van der Waals surface area contributed by atoms with E-state index in [-0.39, 0.29) is 0 Å². The standard InChI is InChI=1S/C11H13Cl2O2/c1-14-8-15-7-3-5-9-4-2-6-10(12)11(9)13/h2-4,6H,5,7-8H2,1H3. The molecule has 83 valence electrons. The van der Waals surface area contributed by atoms with Gasteiger partial charge >= 0.3 is 0 Å². The second kappa shape index (κ2) is 7.07. The molecule has 0 saturated carbocycles. The van der Waals surface area contributed by atoms with Crippen LogP contribution >= 0.6 is 23.2 Å². The highest BCUT2D eigenvalue weighted by Gasteiger charge is 2.03. The Morgan fingerprint density at radius 3 is 2.87 bits per heavy atom. The molecule has 0 aliphatic rings. The molecule has 1 radical (unpaired) electrons. The molecule has 0 aromatic heterocycles. The van der Waals surface area contributed by atoms with Crippen molar-refractivity contribution < 1.29 is 9.47 Å². The van der Waals surface area contributed by atoms with Gasteiger partial charge in [-0.2, -0.15) is 0 Å². The van der Waals surface area contributed by atoms with Gasteiger partial charge in [-0.3, -0.25) is 0 Å². The molecule has 0 N–H and O–H groups in total. The van der Waals surface area contributed by atoms with Crippen LogP contribution in [0, 0.1) is 6.42 Å². The Morgan fingerprint density at radius 2 is 2.13 bits per heavy atom. The van der Waals surface area contributed by atoms with Gasteiger partial charge in [0, 0.05) is 7.11 Å². The molecular formula is C11H13Cl2O2. The number of halogens is 2. The predicted octanol–water partition coefficient (Wildman–Crippen LogP) is 3.36. The van der Waals surface area contributed by atoms with Crippen LogP contribution in [0.1, 0.15) is 5.56 Å². The molecular weight excluding hydrogens is 235 g/mol. The van der Waals surface area contributed by atoms with Gasteiger partial charge in [-0.05, 0) is 24.5 Å². The van der Waals surface area contributed by atoms with E-state index in [0.717, 1.165) is 12.0 Å². The fourth-order valence-electron chi connectivity index (χ4n) is 1.14. The summed E-state index contributed by atoms with van der Waals surface area (Å²) in [6, 6.07) is 5.60. The summed E-state index contributed by atoms with van der Waals surface area (Å²) in [7, 11) is 1.59. The summed E-state index contributed by atoms with van der Waals surface area (Å²) >= 11 is 11.9. The predicted molar refractivity (Wildman–Crippen MR) is 62.3 cm³/mol. The van der Waals surface area contributed by atoms with Crippen molar-refractivity contribution in [2.45, 2.75) is 6.42 Å². The zero-order valence-electron chi connectivity index (χ0n) is 8.50. The van der Waals surface area contributed by atoms with Gasteiger partial charge in [0.15, 0.2) is 0 Å². The lowest BCUT2D eigenvalue weighted by Gasteiger charge is -2.05. The number of hydrogen-bond donors (Lipinski definition) is 0. The lowest BCUT2D eigenvalue weighted by molar-refractivity contribution is -0.0224. The van der Waals surface area contributed by atoms with Crippen LogP contribution in [-0.4, -0.2) is 20.5 Å². The molecule has 1 aromatic carbocycles. The Bertz CT molecular complexity index is 303. The fraction of sp³-hybridized carbons (Fsp3) is 0.364. The minimum absolute atomic E-state index is 0.305. The molecule has 1 aromatic rings. The summed E-state index contributed by atoms with van der Waals surface area (Å²) in [5.41, 5.74) is 1.00. The van der Waals surface area contributed by atoms with Crippen LogP contribution in [0.15, 0.2) is 18.2 Å². The van der Waals surface area contributed by atoms with Crippen molar-refractivity contribution in [3.05, 3.63) is 40.2 Å². The summed E-state index contributed by atoms with van der Waals surface area (Å²) in [4.78, 5) is 0. The first-order valence-corrected chi connectivity index (χ1v) is 5.32. The van der Waals surface area contributed by atoms with Crippen LogP contribution in [0.25, 0.3) is 0 Å². The van der Waals surface area contributed by atoms with E-state index in [4.69, 9.17) is 32.7 Å². The van der Waals surface area contributed by atoms with Crippen molar-refractivity contribution >= 4 is 23.2 Å². The number of methoxy groups -OCH3 is 1. The molecule has 1 rings (SSSR count). The van der Waals surface area contributed by atoms with Gasteiger partial charge in [-0.1, -0.05) is 35.3 Å². The second-order valence-corrected chi connectivity index (χ2v) is 3.77. The molecule has 0 aliphatic carbocycles. The maximum Gasteiger partial charge on any atom is 0.146 e. The maximum absolute atomic E-state index is 6.02. The molecule has 4 heteroatoms. The monoisotopic (exact) mass is 247 g/mol. The molecule has 0 atom stereocenters. The molecule has 0 aliphatic heterocycles. The summed E-state index contributed by atoms with van der Waals surface area (Å²) in [6.45, 7) is 0.844. The van der Waals surface area contributed by atoms with Gasteiger partial charge in [0.25, 0.3) is 0 Å². The molecule has 15 heavy (non-hydrogen) atoms. The third-order valence-electron chi connectivity index (χ3n) is 1.83. The Labute approximate surface area is 100 Å². The topological polar surface area (TPSA) is 18.5 Å². The van der Waals surface area contributed by atoms with Crippen molar-refractivity contribution in [3.63, 3.8) is 0 Å². The van der Waals surface area contributed by atoms with Crippen molar-refractivity contribution in [1.82, 2.24) is 0 Å². The number of benzene rings is 1. The third kappa shape index (κ3) is 4.39. The summed E-state index contributed by atoms with van der Waals surface area (Å²) < 4.78 is 9.87. The zero-order valence-corrected chi connectivity index (χ0v) is 10.0. The average molecular weight is 248 g/mol. The maximum atomic E-state index is 6.02. The molecule has 0 fully saturated rings. The van der Waals surface area contributed by atoms with Gasteiger partial charge < -0.3 is 9.47 Å². The highest BCUT2D eigenvalue weighted by molar-refractivity contribution is 6.42. The van der Waals surface area contributed by atoms with E-state index in [1.807, 2.05) is 18.6 Å². The lowest BCUT2D eigenvalue weighted by Crippen LogP contribution is -2.00. The molecule has 2 nitrogen and oxygen atoms in total. The second-order valence-electron chi connectivity index (χ2n) is 2.98. The van der Waals surface area contributed by atoms with E-state index >= 15 is 0 Å². The van der Waals surface area contributed by atoms with Crippen LogP contribution in [-0.2, 0) is 15.9 Å². The van der Waals surface area contributed by atoms with E-state index in [1.165, 1.54) is 0 Å². The molecule has 0 heterocycles. The van der Waals surface area contributed by atoms with Crippen LogP contribution in [0.2, 0.25) is 10.0 Å². The number of hydrogen-bond acceptors (Lipinski definition) is 2. The van der Waals surface area contributed by atoms with Crippen molar-refractivity contribution in [1.29, 1.82) is 0 Å². The molecule has 0 saturated heterocycles. The minimum Gasteiger partial charge on any atom is -0.359 e. The van der Waals surface area contributed by atoms with Crippen molar-refractivity contribution in [2.24, 2.45) is 0 Å². The molecule has 0 amide bonds. The van der Waals surface area contributed by atoms with Gasteiger partial charge in [-0.15, -0.1) is 0 Å². The SMILES string of the molecule is COCOC[CH]Cc1cccc(Cl)c1Cl. The fourth-order valence-corrected chi connectivity index (χ4v) is 1.53. The van der Waals surface area contributed by atoms with Gasteiger partial charge in [0.1, 0.15) is 6.79 Å². The third-order valence-corrected chi connectivity index (χ3v) is 2.69. The smallest absolute Gasteiger partial charge is 0.146 e. The van der Waals surface area contributed by atoms with E-state index in [0.29, 0.717) is 23.4 Å². The minimum atomic E-state index is 0.305. The van der Waals surface area contributed by atoms with Gasteiger partial charge in [0.05, 0.1) is 16.7 Å². The normalized spacial score (nSPS) is 10.6. The van der Waals surface area contributed by atoms with E-state index in [2.05, 4.69) is 0 Å². The Balaban J connectivity index is 2.34. The van der Waals surface area contributed by atoms with E-state index in [1.54, 1.807) is 13.2 Å². The van der Waals surface area contributed by atoms with Crippen LogP contribution < -0.4 is 0 Å². The molecule has 0 unspecified atom stereocenters. The van der Waals surface area contributed by atoms with E-state index in [9.17, 15) is 0 Å². The zero-order chi connectivity index (χ0) is 11.1. The Kier molecular flexibility index (Phi) is 6.03. The van der Waals surface area contributed by atoms with Crippen molar-refractivity contribution in [2.75, 3.05) is 20.5 Å². The van der Waals surface area contributed by atoms with Gasteiger partial charge in [-0.25, -0.2) is 0 Å². The number of ether oxygens (including phenoxy) is 2.